The lowest BCUT2D eigenvalue weighted by Gasteiger charge is -2.26. The molecule has 8 heteroatoms. The smallest absolute Gasteiger partial charge is 0.269 e. The quantitative estimate of drug-likeness (QED) is 0.589. The van der Waals surface area contributed by atoms with Crippen molar-refractivity contribution in [3.05, 3.63) is 58.6 Å². The predicted octanol–water partition coefficient (Wildman–Crippen LogP) is 2.36. The number of nitro benzene ring substituents is 1. The van der Waals surface area contributed by atoms with Crippen LogP contribution < -0.4 is 16.0 Å². The zero-order valence-corrected chi connectivity index (χ0v) is 12.5. The molecular formula is C16H14N4O4. The maximum Gasteiger partial charge on any atom is 0.269 e. The molecule has 0 unspecified atom stereocenters. The molecule has 1 aliphatic heterocycles. The fourth-order valence-electron chi connectivity index (χ4n) is 2.40. The van der Waals surface area contributed by atoms with Crippen molar-refractivity contribution in [1.82, 2.24) is 0 Å². The Balaban J connectivity index is 1.63. The van der Waals surface area contributed by atoms with Crippen molar-refractivity contribution >= 4 is 34.6 Å². The average molecular weight is 326 g/mol. The van der Waals surface area contributed by atoms with Gasteiger partial charge in [-0.3, -0.25) is 19.7 Å². The van der Waals surface area contributed by atoms with Crippen molar-refractivity contribution in [2.24, 2.45) is 0 Å². The summed E-state index contributed by atoms with van der Waals surface area (Å²) in [4.78, 5) is 34.2. The van der Waals surface area contributed by atoms with E-state index >= 15 is 0 Å². The number of fused-ring (bicyclic) bond motifs is 1. The number of amides is 2. The van der Waals surface area contributed by atoms with E-state index in [1.54, 1.807) is 6.07 Å². The summed E-state index contributed by atoms with van der Waals surface area (Å²) in [6.45, 7) is 0. The van der Waals surface area contributed by atoms with E-state index in [2.05, 4.69) is 16.0 Å². The average Bonchev–Trinajstić information content (AvgIpc) is 2.56. The Bertz CT molecular complexity index is 804. The predicted molar refractivity (Wildman–Crippen MR) is 88.8 cm³/mol. The topological polar surface area (TPSA) is 113 Å². The minimum Gasteiger partial charge on any atom is -0.372 e. The van der Waals surface area contributed by atoms with Gasteiger partial charge in [-0.05, 0) is 24.3 Å². The second kappa shape index (κ2) is 6.37. The van der Waals surface area contributed by atoms with Gasteiger partial charge in [-0.1, -0.05) is 12.1 Å². The molecule has 8 nitrogen and oxygen atoms in total. The Morgan fingerprint density at radius 3 is 2.46 bits per heavy atom. The highest BCUT2D eigenvalue weighted by molar-refractivity contribution is 6.06. The van der Waals surface area contributed by atoms with Gasteiger partial charge in [0.05, 0.1) is 22.7 Å². The number of hydrogen-bond acceptors (Lipinski definition) is 5. The number of benzene rings is 2. The van der Waals surface area contributed by atoms with Gasteiger partial charge in [0.2, 0.25) is 11.8 Å². The van der Waals surface area contributed by atoms with E-state index < -0.39 is 11.0 Å². The van der Waals surface area contributed by atoms with Crippen LogP contribution in [0.5, 0.6) is 0 Å². The molecule has 1 aliphatic rings. The van der Waals surface area contributed by atoms with Crippen molar-refractivity contribution in [3.8, 4) is 0 Å². The molecular weight excluding hydrogens is 312 g/mol. The summed E-state index contributed by atoms with van der Waals surface area (Å²) in [7, 11) is 0. The third kappa shape index (κ3) is 3.32. The molecule has 1 heterocycles. The zero-order valence-electron chi connectivity index (χ0n) is 12.5. The lowest BCUT2D eigenvalue weighted by atomic mass is 10.1. The van der Waals surface area contributed by atoms with Gasteiger partial charge in [-0.2, -0.15) is 0 Å². The van der Waals surface area contributed by atoms with E-state index in [1.807, 2.05) is 18.2 Å². The summed E-state index contributed by atoms with van der Waals surface area (Å²) < 4.78 is 0. The second-order valence-corrected chi connectivity index (χ2v) is 5.29. The number of nitrogens with zero attached hydrogens (tertiary/aromatic N) is 1. The number of non-ortho nitro benzene ring substituents is 1. The van der Waals surface area contributed by atoms with Gasteiger partial charge in [0, 0.05) is 17.8 Å². The normalized spacial score (nSPS) is 15.7. The summed E-state index contributed by atoms with van der Waals surface area (Å²) in [5.41, 5.74) is 1.81. The molecule has 3 rings (SSSR count). The molecule has 0 aromatic heterocycles. The Morgan fingerprint density at radius 2 is 1.79 bits per heavy atom. The molecule has 1 atom stereocenters. The molecule has 0 fully saturated rings. The van der Waals surface area contributed by atoms with Crippen LogP contribution in [0.4, 0.5) is 22.7 Å². The molecule has 24 heavy (non-hydrogen) atoms. The maximum absolute atomic E-state index is 12.1. The number of anilines is 3. The molecule has 0 saturated carbocycles. The Kier molecular flexibility index (Phi) is 4.11. The monoisotopic (exact) mass is 326 g/mol. The third-order valence-electron chi connectivity index (χ3n) is 3.58. The first-order valence-corrected chi connectivity index (χ1v) is 7.23. The molecule has 0 aliphatic carbocycles. The Morgan fingerprint density at radius 1 is 1.12 bits per heavy atom. The van der Waals surface area contributed by atoms with E-state index in [9.17, 15) is 19.7 Å². The highest BCUT2D eigenvalue weighted by Gasteiger charge is 2.27. The Hall–Kier alpha value is -3.42. The van der Waals surface area contributed by atoms with Crippen LogP contribution in [0.15, 0.2) is 48.5 Å². The molecule has 2 aromatic carbocycles. The minimum absolute atomic E-state index is 0.0575. The number of nitrogens with one attached hydrogen (secondary N) is 3. The van der Waals surface area contributed by atoms with Crippen LogP contribution in [0.2, 0.25) is 0 Å². The summed E-state index contributed by atoms with van der Waals surface area (Å²) in [6.07, 6.45) is -0.0584. The van der Waals surface area contributed by atoms with E-state index in [1.165, 1.54) is 24.3 Å². The second-order valence-electron chi connectivity index (χ2n) is 5.29. The fourth-order valence-corrected chi connectivity index (χ4v) is 2.40. The van der Waals surface area contributed by atoms with Gasteiger partial charge in [0.1, 0.15) is 6.04 Å². The summed E-state index contributed by atoms with van der Waals surface area (Å²) >= 11 is 0. The van der Waals surface area contributed by atoms with E-state index in [-0.39, 0.29) is 23.9 Å². The lowest BCUT2D eigenvalue weighted by Crippen LogP contribution is -2.41. The van der Waals surface area contributed by atoms with Gasteiger partial charge in [-0.15, -0.1) is 0 Å². The molecule has 122 valence electrons. The highest BCUT2D eigenvalue weighted by atomic mass is 16.6. The van der Waals surface area contributed by atoms with Crippen molar-refractivity contribution in [1.29, 1.82) is 0 Å². The first-order chi connectivity index (χ1) is 11.5. The number of para-hydroxylation sites is 2. The van der Waals surface area contributed by atoms with E-state index in [0.717, 1.165) is 5.69 Å². The third-order valence-corrected chi connectivity index (χ3v) is 3.58. The van der Waals surface area contributed by atoms with Gasteiger partial charge >= 0.3 is 0 Å². The van der Waals surface area contributed by atoms with Crippen LogP contribution >= 0.6 is 0 Å². The van der Waals surface area contributed by atoms with E-state index in [0.29, 0.717) is 11.4 Å². The van der Waals surface area contributed by atoms with Crippen LogP contribution in [0, 0.1) is 10.1 Å². The standard InChI is InChI=1S/C16H14N4O4/c21-15(17-10-5-7-11(8-6-10)20(23)24)9-14-16(22)19-13-4-2-1-3-12(13)18-14/h1-8,14,18H,9H2,(H,17,21)(H,19,22)/t14-/m0/s1. The van der Waals surface area contributed by atoms with Crippen molar-refractivity contribution in [3.63, 3.8) is 0 Å². The number of hydrogen-bond donors (Lipinski definition) is 3. The fraction of sp³-hybridized carbons (Fsp3) is 0.125. The van der Waals surface area contributed by atoms with Crippen molar-refractivity contribution in [2.75, 3.05) is 16.0 Å². The van der Waals surface area contributed by atoms with Gasteiger partial charge in [-0.25, -0.2) is 0 Å². The van der Waals surface area contributed by atoms with Crippen molar-refractivity contribution in [2.45, 2.75) is 12.5 Å². The van der Waals surface area contributed by atoms with Crippen molar-refractivity contribution < 1.29 is 14.5 Å². The van der Waals surface area contributed by atoms with Gasteiger partial charge in [0.25, 0.3) is 5.69 Å². The molecule has 0 saturated heterocycles. The molecule has 0 radical (unpaired) electrons. The van der Waals surface area contributed by atoms with Gasteiger partial charge in [0.15, 0.2) is 0 Å². The van der Waals surface area contributed by atoms with Gasteiger partial charge < -0.3 is 16.0 Å². The number of carbonyl (C=O) groups excluding carboxylic acids is 2. The largest absolute Gasteiger partial charge is 0.372 e. The van der Waals surface area contributed by atoms with Crippen LogP contribution in [0.3, 0.4) is 0 Å². The van der Waals surface area contributed by atoms with E-state index in [4.69, 9.17) is 0 Å². The first kappa shape index (κ1) is 15.5. The molecule has 2 amide bonds. The maximum atomic E-state index is 12.1. The summed E-state index contributed by atoms with van der Waals surface area (Å²) in [5.74, 6) is -0.650. The summed E-state index contributed by atoms with van der Waals surface area (Å²) in [5, 5.41) is 19.0. The van der Waals surface area contributed by atoms with Crippen LogP contribution in [0.25, 0.3) is 0 Å². The van der Waals surface area contributed by atoms with Crippen LogP contribution in [-0.2, 0) is 9.59 Å². The lowest BCUT2D eigenvalue weighted by molar-refractivity contribution is -0.384. The SMILES string of the molecule is O=C(C[C@@H]1Nc2ccccc2NC1=O)Nc1ccc([N+](=O)[O-])cc1. The molecule has 3 N–H and O–H groups in total. The highest BCUT2D eigenvalue weighted by Crippen LogP contribution is 2.26. The van der Waals surface area contributed by atoms with Crippen LogP contribution in [0.1, 0.15) is 6.42 Å². The molecule has 0 spiro atoms. The number of carbonyl (C=O) groups is 2. The molecule has 2 aromatic rings. The number of nitro groups is 1. The molecule has 0 bridgehead atoms. The minimum atomic E-state index is -0.682. The van der Waals surface area contributed by atoms with Crippen LogP contribution in [-0.4, -0.2) is 22.8 Å². The Labute approximate surface area is 137 Å². The first-order valence-electron chi connectivity index (χ1n) is 7.23. The zero-order chi connectivity index (χ0) is 17.1. The summed E-state index contributed by atoms with van der Waals surface area (Å²) in [6, 6.07) is 12.0. The number of rotatable bonds is 4.